The van der Waals surface area contributed by atoms with E-state index in [1.807, 2.05) is 0 Å². The highest BCUT2D eigenvalue weighted by Crippen LogP contribution is 2.30. The number of carboxylic acid groups (broad SMARTS) is 1. The van der Waals surface area contributed by atoms with E-state index in [0.717, 1.165) is 11.8 Å². The molecule has 1 aliphatic rings. The van der Waals surface area contributed by atoms with Gasteiger partial charge in [0.1, 0.15) is 11.8 Å². The van der Waals surface area contributed by atoms with Gasteiger partial charge in [0.15, 0.2) is 0 Å². The van der Waals surface area contributed by atoms with Gasteiger partial charge in [0.2, 0.25) is 0 Å². The van der Waals surface area contributed by atoms with Crippen LogP contribution in [0.1, 0.15) is 25.1 Å². The van der Waals surface area contributed by atoms with Gasteiger partial charge in [0.05, 0.1) is 12.2 Å². The molecule has 2 heterocycles. The van der Waals surface area contributed by atoms with Crippen LogP contribution in [0.15, 0.2) is 40.1 Å². The van der Waals surface area contributed by atoms with Crippen LogP contribution in [-0.4, -0.2) is 22.6 Å². The molecule has 0 bridgehead atoms. The smallest absolute Gasteiger partial charge is 0.267 e. The number of amides is 1. The first-order valence-corrected chi connectivity index (χ1v) is 5.37. The molecule has 0 aromatic carbocycles. The lowest BCUT2D eigenvalue weighted by atomic mass is 10.1. The first-order valence-electron chi connectivity index (χ1n) is 5.37. The lowest BCUT2D eigenvalue weighted by Gasteiger charge is -2.18. The molecule has 94 valence electrons. The fraction of sp³-hybridized carbons (Fsp3) is 0.250. The number of carbonyl (C=O) groups is 2. The van der Waals surface area contributed by atoms with Crippen LogP contribution < -0.4 is 5.11 Å². The number of furan rings is 1. The minimum absolute atomic E-state index is 0.320. The van der Waals surface area contributed by atoms with Gasteiger partial charge in [0.25, 0.3) is 5.91 Å². The van der Waals surface area contributed by atoms with Crippen LogP contribution in [0.3, 0.4) is 0 Å². The van der Waals surface area contributed by atoms with Crippen molar-refractivity contribution < 1.29 is 19.1 Å². The number of rotatable bonds is 3. The lowest BCUT2D eigenvalue weighted by Crippen LogP contribution is -2.26. The van der Waals surface area contributed by atoms with Crippen LogP contribution in [0.2, 0.25) is 0 Å². The summed E-state index contributed by atoms with van der Waals surface area (Å²) in [5, 5.41) is 15.6. The molecule has 0 aliphatic carbocycles. The van der Waals surface area contributed by atoms with Gasteiger partial charge in [-0.05, 0) is 25.1 Å². The highest BCUT2D eigenvalue weighted by molar-refractivity contribution is 5.96. The number of hydrogen-bond donors (Lipinski definition) is 0. The Hall–Kier alpha value is -2.37. The molecule has 1 aliphatic heterocycles. The predicted octanol–water partition coefficient (Wildman–Crippen LogP) is 0.235. The fourth-order valence-corrected chi connectivity index (χ4v) is 1.78. The molecule has 0 N–H and O–H groups in total. The maximum atomic E-state index is 11.8. The van der Waals surface area contributed by atoms with Crippen molar-refractivity contribution in [3.05, 3.63) is 36.3 Å². The Morgan fingerprint density at radius 3 is 2.94 bits per heavy atom. The first kappa shape index (κ1) is 12.1. The van der Waals surface area contributed by atoms with Crippen LogP contribution in [0.25, 0.3) is 0 Å². The highest BCUT2D eigenvalue weighted by Gasteiger charge is 2.31. The van der Waals surface area contributed by atoms with Crippen LogP contribution in [-0.2, 0) is 9.59 Å². The van der Waals surface area contributed by atoms with Gasteiger partial charge in [0, 0.05) is 18.2 Å². The van der Waals surface area contributed by atoms with Crippen molar-refractivity contribution in [1.82, 2.24) is 5.01 Å². The third-order valence-electron chi connectivity index (χ3n) is 2.52. The van der Waals surface area contributed by atoms with Gasteiger partial charge < -0.3 is 14.3 Å². The zero-order valence-corrected chi connectivity index (χ0v) is 9.70. The van der Waals surface area contributed by atoms with Gasteiger partial charge >= 0.3 is 0 Å². The monoisotopic (exact) mass is 247 g/mol. The number of carboxylic acids is 1. The number of hydrazone groups is 1. The minimum atomic E-state index is -1.42. The molecule has 0 spiro atoms. The van der Waals surface area contributed by atoms with E-state index in [9.17, 15) is 14.7 Å². The molecule has 1 amide bonds. The Kier molecular flexibility index (Phi) is 3.27. The molecule has 0 saturated carbocycles. The molecule has 0 radical (unpaired) electrons. The quantitative estimate of drug-likeness (QED) is 0.716. The van der Waals surface area contributed by atoms with Crippen molar-refractivity contribution in [2.24, 2.45) is 5.10 Å². The van der Waals surface area contributed by atoms with Gasteiger partial charge in [-0.15, -0.1) is 0 Å². The van der Waals surface area contributed by atoms with Gasteiger partial charge in [-0.3, -0.25) is 4.79 Å². The SMILES string of the molecule is CC1=NN(C(=O)/C=C/C(=O)[O-])[C@@H](c2ccco2)C1. The topological polar surface area (TPSA) is 85.9 Å². The normalized spacial score (nSPS) is 19.3. The van der Waals surface area contributed by atoms with E-state index in [2.05, 4.69) is 5.10 Å². The molecule has 1 aromatic rings. The summed E-state index contributed by atoms with van der Waals surface area (Å²) < 4.78 is 5.25. The molecular formula is C12H11N2O4-. The second-order valence-electron chi connectivity index (χ2n) is 3.91. The maximum absolute atomic E-state index is 11.8. The van der Waals surface area contributed by atoms with E-state index in [1.54, 1.807) is 19.1 Å². The molecule has 1 aromatic heterocycles. The Bertz CT molecular complexity index is 516. The molecular weight excluding hydrogens is 236 g/mol. The summed E-state index contributed by atoms with van der Waals surface area (Å²) in [7, 11) is 0. The molecule has 18 heavy (non-hydrogen) atoms. The van der Waals surface area contributed by atoms with E-state index in [1.165, 1.54) is 11.3 Å². The van der Waals surface area contributed by atoms with Crippen molar-refractivity contribution in [3.8, 4) is 0 Å². The van der Waals surface area contributed by atoms with Crippen molar-refractivity contribution in [3.63, 3.8) is 0 Å². The van der Waals surface area contributed by atoms with Crippen LogP contribution in [0, 0.1) is 0 Å². The summed E-state index contributed by atoms with van der Waals surface area (Å²) in [5.41, 5.74) is 0.784. The van der Waals surface area contributed by atoms with Gasteiger partial charge in [-0.1, -0.05) is 0 Å². The molecule has 6 nitrogen and oxygen atoms in total. The molecule has 0 unspecified atom stereocenters. The number of hydrogen-bond acceptors (Lipinski definition) is 5. The van der Waals surface area contributed by atoms with Crippen molar-refractivity contribution in [1.29, 1.82) is 0 Å². The molecule has 0 fully saturated rings. The van der Waals surface area contributed by atoms with E-state index >= 15 is 0 Å². The third kappa shape index (κ3) is 2.48. The average molecular weight is 247 g/mol. The summed E-state index contributed by atoms with van der Waals surface area (Å²) >= 11 is 0. The Balaban J connectivity index is 2.19. The third-order valence-corrected chi connectivity index (χ3v) is 2.52. The summed E-state index contributed by atoms with van der Waals surface area (Å²) in [6.07, 6.45) is 3.69. The summed E-state index contributed by atoms with van der Waals surface area (Å²) in [6.45, 7) is 1.80. The molecule has 2 rings (SSSR count). The van der Waals surface area contributed by atoms with Gasteiger partial charge in [-0.2, -0.15) is 5.10 Å². The van der Waals surface area contributed by atoms with Crippen LogP contribution in [0.4, 0.5) is 0 Å². The fourth-order valence-electron chi connectivity index (χ4n) is 1.78. The minimum Gasteiger partial charge on any atom is -0.545 e. The van der Waals surface area contributed by atoms with E-state index in [-0.39, 0.29) is 6.04 Å². The van der Waals surface area contributed by atoms with Crippen LogP contribution in [0.5, 0.6) is 0 Å². The Morgan fingerprint density at radius 2 is 2.33 bits per heavy atom. The zero-order chi connectivity index (χ0) is 13.1. The summed E-state index contributed by atoms with van der Waals surface area (Å²) in [5.74, 6) is -1.32. The lowest BCUT2D eigenvalue weighted by molar-refractivity contribution is -0.297. The molecule has 0 saturated heterocycles. The number of aliphatic carboxylic acids is 1. The number of nitrogens with zero attached hydrogens (tertiary/aromatic N) is 2. The van der Waals surface area contributed by atoms with Crippen molar-refractivity contribution >= 4 is 17.6 Å². The zero-order valence-electron chi connectivity index (χ0n) is 9.70. The van der Waals surface area contributed by atoms with Crippen LogP contribution >= 0.6 is 0 Å². The largest absolute Gasteiger partial charge is 0.545 e. The van der Waals surface area contributed by atoms with Crippen molar-refractivity contribution in [2.45, 2.75) is 19.4 Å². The second-order valence-corrected chi connectivity index (χ2v) is 3.91. The Labute approximate surface area is 103 Å². The average Bonchev–Trinajstić information content (AvgIpc) is 2.93. The van der Waals surface area contributed by atoms with E-state index in [4.69, 9.17) is 4.42 Å². The van der Waals surface area contributed by atoms with Gasteiger partial charge in [-0.25, -0.2) is 5.01 Å². The molecule has 1 atom stereocenters. The number of carbonyl (C=O) groups excluding carboxylic acids is 2. The molecule has 6 heteroatoms. The van der Waals surface area contributed by atoms with E-state index in [0.29, 0.717) is 18.3 Å². The predicted molar refractivity (Wildman–Crippen MR) is 60.2 cm³/mol. The summed E-state index contributed by atoms with van der Waals surface area (Å²) in [4.78, 5) is 22.1. The van der Waals surface area contributed by atoms with Crippen molar-refractivity contribution in [2.75, 3.05) is 0 Å². The maximum Gasteiger partial charge on any atom is 0.267 e. The van der Waals surface area contributed by atoms with E-state index < -0.39 is 11.9 Å². The second kappa shape index (κ2) is 4.87. The summed E-state index contributed by atoms with van der Waals surface area (Å²) in [6, 6.07) is 3.16. The highest BCUT2D eigenvalue weighted by atomic mass is 16.4. The first-order chi connectivity index (χ1) is 8.58. The Morgan fingerprint density at radius 1 is 1.56 bits per heavy atom. The standard InChI is InChI=1S/C12H12N2O4/c1-8-7-9(10-3-2-6-18-10)14(13-8)11(15)4-5-12(16)17/h2-6,9H,7H2,1H3,(H,16,17)/p-1/b5-4+/t9-/m1/s1.